The molecule has 0 unspecified atom stereocenters. The smallest absolute Gasteiger partial charge is 0.261 e. The van der Waals surface area contributed by atoms with E-state index in [1.165, 1.54) is 44.3 Å². The first-order valence-corrected chi connectivity index (χ1v) is 9.33. The van der Waals surface area contributed by atoms with Crippen LogP contribution in [-0.2, 0) is 14.8 Å². The third-order valence-corrected chi connectivity index (χ3v) is 4.98. The number of rotatable bonds is 7. The zero-order valence-electron chi connectivity index (χ0n) is 14.6. The first-order valence-electron chi connectivity index (χ1n) is 7.85. The number of Topliss-reactive ketones (excluding diaryl/α,β-unsaturated/α-hetero) is 1. The lowest BCUT2D eigenvalue weighted by atomic mass is 10.1. The number of sulfonamides is 1. The lowest BCUT2D eigenvalue weighted by Gasteiger charge is -2.14. The minimum absolute atomic E-state index is 0.0330. The fourth-order valence-corrected chi connectivity index (χ4v) is 3.22. The number of anilines is 1. The number of carbonyl (C=O) groups excluding carboxylic acids is 2. The number of nitrogens with one attached hydrogen (secondary N) is 2. The Morgan fingerprint density at radius 2 is 1.73 bits per heavy atom. The van der Waals surface area contributed by atoms with Gasteiger partial charge in [-0.3, -0.25) is 14.3 Å². The van der Waals surface area contributed by atoms with E-state index in [1.807, 2.05) is 0 Å². The maximum Gasteiger partial charge on any atom is 0.261 e. The van der Waals surface area contributed by atoms with Gasteiger partial charge in [0.2, 0.25) is 0 Å². The largest absolute Gasteiger partial charge is 0.481 e. The molecule has 0 aliphatic rings. The number of hydrogen-bond acceptors (Lipinski definition) is 5. The van der Waals surface area contributed by atoms with Crippen molar-refractivity contribution in [2.45, 2.75) is 24.8 Å². The summed E-state index contributed by atoms with van der Waals surface area (Å²) >= 11 is 0. The van der Waals surface area contributed by atoms with Crippen molar-refractivity contribution in [2.24, 2.45) is 0 Å². The van der Waals surface area contributed by atoms with E-state index in [4.69, 9.17) is 4.74 Å². The monoisotopic (exact) mass is 376 g/mol. The van der Waals surface area contributed by atoms with Gasteiger partial charge in [-0.2, -0.15) is 0 Å². The van der Waals surface area contributed by atoms with E-state index in [-0.39, 0.29) is 16.6 Å². The summed E-state index contributed by atoms with van der Waals surface area (Å²) in [5.41, 5.74) is 0.711. The van der Waals surface area contributed by atoms with E-state index >= 15 is 0 Å². The van der Waals surface area contributed by atoms with Crippen LogP contribution in [0.4, 0.5) is 5.69 Å². The Hall–Kier alpha value is -2.87. The summed E-state index contributed by atoms with van der Waals surface area (Å²) < 4.78 is 32.8. The third kappa shape index (κ3) is 4.82. The van der Waals surface area contributed by atoms with Crippen LogP contribution >= 0.6 is 0 Å². The van der Waals surface area contributed by atoms with Crippen LogP contribution in [0.15, 0.2) is 53.4 Å². The van der Waals surface area contributed by atoms with Crippen molar-refractivity contribution >= 4 is 27.4 Å². The number of ether oxygens (including phenoxy) is 1. The van der Waals surface area contributed by atoms with E-state index in [9.17, 15) is 18.0 Å². The molecule has 2 N–H and O–H groups in total. The first kappa shape index (κ1) is 19.5. The predicted molar refractivity (Wildman–Crippen MR) is 97.9 cm³/mol. The highest BCUT2D eigenvalue weighted by atomic mass is 32.2. The Kier molecular flexibility index (Phi) is 5.99. The first-order chi connectivity index (χ1) is 12.2. The molecule has 0 fully saturated rings. The summed E-state index contributed by atoms with van der Waals surface area (Å²) in [6.07, 6.45) is -0.699. The molecule has 2 aromatic carbocycles. The van der Waals surface area contributed by atoms with E-state index < -0.39 is 16.1 Å². The normalized spacial score (nSPS) is 12.1. The van der Waals surface area contributed by atoms with Crippen molar-refractivity contribution in [2.75, 3.05) is 11.8 Å². The van der Waals surface area contributed by atoms with Crippen molar-refractivity contribution in [3.05, 3.63) is 54.1 Å². The lowest BCUT2D eigenvalue weighted by Crippen LogP contribution is -2.33. The number of benzene rings is 2. The van der Waals surface area contributed by atoms with E-state index in [0.717, 1.165) is 0 Å². The minimum atomic E-state index is -3.82. The van der Waals surface area contributed by atoms with Crippen molar-refractivity contribution in [1.29, 1.82) is 0 Å². The second kappa shape index (κ2) is 8.01. The molecule has 0 heterocycles. The molecule has 138 valence electrons. The SMILES string of the molecule is CNC(=O)[C@H](C)Oc1ccc(S(=O)(=O)Nc2cccc(C(C)=O)c2)cc1. The Morgan fingerprint density at radius 1 is 1.08 bits per heavy atom. The molecule has 1 atom stereocenters. The van der Waals surface area contributed by atoms with Crippen LogP contribution in [0.25, 0.3) is 0 Å². The molecule has 26 heavy (non-hydrogen) atoms. The standard InChI is InChI=1S/C18H20N2O5S/c1-12(21)14-5-4-6-15(11-14)20-26(23,24)17-9-7-16(8-10-17)25-13(2)18(22)19-3/h4-11,13,20H,1-3H3,(H,19,22)/t13-/m0/s1. The molecule has 0 radical (unpaired) electrons. The van der Waals surface area contributed by atoms with E-state index in [0.29, 0.717) is 17.0 Å². The van der Waals surface area contributed by atoms with Gasteiger partial charge in [-0.25, -0.2) is 8.42 Å². The summed E-state index contributed by atoms with van der Waals surface area (Å²) in [6, 6.07) is 12.0. The number of hydrogen-bond donors (Lipinski definition) is 2. The molecule has 1 amide bonds. The van der Waals surface area contributed by atoms with Gasteiger partial charge in [-0.05, 0) is 50.2 Å². The number of carbonyl (C=O) groups is 2. The molecule has 0 spiro atoms. The van der Waals surface area contributed by atoms with Crippen LogP contribution in [0.1, 0.15) is 24.2 Å². The van der Waals surface area contributed by atoms with Crippen LogP contribution in [0.2, 0.25) is 0 Å². The molecule has 0 aliphatic heterocycles. The quantitative estimate of drug-likeness (QED) is 0.722. The van der Waals surface area contributed by atoms with Crippen molar-refractivity contribution < 1.29 is 22.7 Å². The van der Waals surface area contributed by atoms with Crippen molar-refractivity contribution in [1.82, 2.24) is 5.32 Å². The maximum absolute atomic E-state index is 12.5. The molecular formula is C18H20N2O5S. The molecular weight excluding hydrogens is 356 g/mol. The predicted octanol–water partition coefficient (Wildman–Crippen LogP) is 2.20. The van der Waals surface area contributed by atoms with Gasteiger partial charge in [0.05, 0.1) is 4.90 Å². The average Bonchev–Trinajstić information content (AvgIpc) is 2.61. The molecule has 2 aromatic rings. The van der Waals surface area contributed by atoms with Crippen molar-refractivity contribution in [3.63, 3.8) is 0 Å². The van der Waals surface area contributed by atoms with Gasteiger partial charge in [-0.1, -0.05) is 12.1 Å². The second-order valence-corrected chi connectivity index (χ2v) is 7.27. The Bertz CT molecular complexity index is 907. The van der Waals surface area contributed by atoms with Crippen LogP contribution < -0.4 is 14.8 Å². The average molecular weight is 376 g/mol. The van der Waals surface area contributed by atoms with Crippen LogP contribution in [0.5, 0.6) is 5.75 Å². The highest BCUT2D eigenvalue weighted by Crippen LogP contribution is 2.21. The van der Waals surface area contributed by atoms with Gasteiger partial charge >= 0.3 is 0 Å². The summed E-state index contributed by atoms with van der Waals surface area (Å²) in [5, 5.41) is 2.47. The molecule has 0 aromatic heterocycles. The van der Waals surface area contributed by atoms with E-state index in [1.54, 1.807) is 25.1 Å². The fourth-order valence-electron chi connectivity index (χ4n) is 2.17. The maximum atomic E-state index is 12.5. The molecule has 2 rings (SSSR count). The Balaban J connectivity index is 2.15. The Morgan fingerprint density at radius 3 is 2.31 bits per heavy atom. The van der Waals surface area contributed by atoms with Gasteiger partial charge in [0.15, 0.2) is 11.9 Å². The topological polar surface area (TPSA) is 102 Å². The number of amides is 1. The third-order valence-electron chi connectivity index (χ3n) is 3.58. The Labute approximate surface area is 152 Å². The number of ketones is 1. The second-order valence-electron chi connectivity index (χ2n) is 5.59. The van der Waals surface area contributed by atoms with Gasteiger partial charge in [0, 0.05) is 18.3 Å². The van der Waals surface area contributed by atoms with Gasteiger partial charge in [-0.15, -0.1) is 0 Å². The van der Waals surface area contributed by atoms with Gasteiger partial charge in [0.1, 0.15) is 5.75 Å². The van der Waals surface area contributed by atoms with E-state index in [2.05, 4.69) is 10.0 Å². The highest BCUT2D eigenvalue weighted by molar-refractivity contribution is 7.92. The summed E-state index contributed by atoms with van der Waals surface area (Å²) in [7, 11) is -2.31. The molecule has 0 aliphatic carbocycles. The van der Waals surface area contributed by atoms with Crippen LogP contribution in [-0.4, -0.2) is 33.3 Å². The lowest BCUT2D eigenvalue weighted by molar-refractivity contribution is -0.126. The zero-order valence-corrected chi connectivity index (χ0v) is 15.5. The summed E-state index contributed by atoms with van der Waals surface area (Å²) in [5.74, 6) is -0.0647. The molecule has 7 nitrogen and oxygen atoms in total. The molecule has 0 saturated heterocycles. The molecule has 0 saturated carbocycles. The molecule has 0 bridgehead atoms. The van der Waals surface area contributed by atoms with Crippen LogP contribution in [0.3, 0.4) is 0 Å². The zero-order chi connectivity index (χ0) is 19.3. The van der Waals surface area contributed by atoms with Gasteiger partial charge in [0.25, 0.3) is 15.9 Å². The number of likely N-dealkylation sites (N-methyl/N-ethyl adjacent to an activating group) is 1. The highest BCUT2D eigenvalue weighted by Gasteiger charge is 2.16. The summed E-state index contributed by atoms with van der Waals surface area (Å²) in [6.45, 7) is 3.00. The van der Waals surface area contributed by atoms with Crippen LogP contribution in [0, 0.1) is 0 Å². The van der Waals surface area contributed by atoms with Crippen molar-refractivity contribution in [3.8, 4) is 5.75 Å². The summed E-state index contributed by atoms with van der Waals surface area (Å²) in [4.78, 5) is 22.9. The minimum Gasteiger partial charge on any atom is -0.481 e. The molecule has 8 heteroatoms. The fraction of sp³-hybridized carbons (Fsp3) is 0.222. The van der Waals surface area contributed by atoms with Gasteiger partial charge < -0.3 is 10.1 Å².